The normalized spacial score (nSPS) is 44.2. The first kappa shape index (κ1) is 23.7. The average molecular weight is 423 g/mol. The largest absolute Gasteiger partial charge is 0.457 e. The van der Waals surface area contributed by atoms with Crippen LogP contribution < -0.4 is 0 Å². The summed E-state index contributed by atoms with van der Waals surface area (Å²) in [5, 5.41) is 11.3. The van der Waals surface area contributed by atoms with Gasteiger partial charge in [-0.2, -0.15) is 0 Å². The Bertz CT molecular complexity index is 641. The van der Waals surface area contributed by atoms with Gasteiger partial charge in [0.05, 0.1) is 17.8 Å². The third-order valence-electron chi connectivity index (χ3n) is 8.01. The van der Waals surface area contributed by atoms with Gasteiger partial charge in [-0.3, -0.25) is 4.79 Å². The van der Waals surface area contributed by atoms with Gasteiger partial charge in [-0.25, -0.2) is 0 Å². The summed E-state index contributed by atoms with van der Waals surface area (Å²) in [7, 11) is 1.65. The summed E-state index contributed by atoms with van der Waals surface area (Å²) in [5.41, 5.74) is -0.536. The standard InChI is InChI=1S/C25H42O5/c1-8-9-20(26)30-25(6)13-12-19(28-7)24(5,27)14-18-21-16(4)10-11-17(15(2)3)22(21)23(25)29-18/h15,17-19,21-23,27H,4,8-14H2,1-3,5-7H3. The molecule has 2 saturated heterocycles. The van der Waals surface area contributed by atoms with Crippen LogP contribution in [0.15, 0.2) is 12.2 Å². The molecule has 30 heavy (non-hydrogen) atoms. The molecule has 1 N–H and O–H groups in total. The maximum absolute atomic E-state index is 12.6. The number of carbonyl (C=O) groups excluding carboxylic acids is 1. The zero-order valence-electron chi connectivity index (χ0n) is 19.8. The van der Waals surface area contributed by atoms with Gasteiger partial charge in [0.15, 0.2) is 0 Å². The van der Waals surface area contributed by atoms with Gasteiger partial charge < -0.3 is 19.3 Å². The van der Waals surface area contributed by atoms with E-state index in [0.717, 1.165) is 19.3 Å². The SMILES string of the molecule is C=C1CCC(C(C)C)C2C1C1CC(C)(O)C(OC)CCC(C)(OC(=O)CCC)C2O1. The van der Waals surface area contributed by atoms with E-state index in [4.69, 9.17) is 14.2 Å². The molecule has 2 bridgehead atoms. The number of ether oxygens (including phenoxy) is 3. The minimum absolute atomic E-state index is 0.135. The average Bonchev–Trinajstić information content (AvgIpc) is 3.02. The molecule has 0 aromatic heterocycles. The van der Waals surface area contributed by atoms with Crippen molar-refractivity contribution in [3.8, 4) is 0 Å². The molecular weight excluding hydrogens is 380 g/mol. The smallest absolute Gasteiger partial charge is 0.306 e. The quantitative estimate of drug-likeness (QED) is 0.516. The summed E-state index contributed by atoms with van der Waals surface area (Å²) < 4.78 is 18.6. The maximum atomic E-state index is 12.6. The summed E-state index contributed by atoms with van der Waals surface area (Å²) in [5.74, 6) is 1.27. The molecule has 5 nitrogen and oxygen atoms in total. The summed E-state index contributed by atoms with van der Waals surface area (Å²) in [6, 6.07) is 0. The summed E-state index contributed by atoms with van der Waals surface area (Å²) in [6.45, 7) is 14.9. The molecular formula is C25H42O5. The van der Waals surface area contributed by atoms with E-state index in [1.807, 2.05) is 20.8 Å². The lowest BCUT2D eigenvalue weighted by Gasteiger charge is -2.46. The molecule has 0 amide bonds. The molecule has 0 spiro atoms. The molecule has 0 radical (unpaired) electrons. The van der Waals surface area contributed by atoms with Gasteiger partial charge in [0.25, 0.3) is 0 Å². The fraction of sp³-hybridized carbons (Fsp3) is 0.880. The van der Waals surface area contributed by atoms with Gasteiger partial charge in [0.2, 0.25) is 0 Å². The van der Waals surface area contributed by atoms with Gasteiger partial charge in [-0.1, -0.05) is 32.9 Å². The number of hydrogen-bond donors (Lipinski definition) is 1. The second-order valence-electron chi connectivity index (χ2n) is 10.7. The summed E-state index contributed by atoms with van der Waals surface area (Å²) >= 11 is 0. The highest BCUT2D eigenvalue weighted by Gasteiger charge is 2.60. The number of esters is 1. The maximum Gasteiger partial charge on any atom is 0.306 e. The van der Waals surface area contributed by atoms with Crippen LogP contribution in [-0.4, -0.2) is 47.7 Å². The molecule has 0 aromatic rings. The number of carbonyl (C=O) groups is 1. The zero-order valence-corrected chi connectivity index (χ0v) is 19.8. The molecule has 3 aliphatic rings. The lowest BCUT2D eigenvalue weighted by Crippen LogP contribution is -2.52. The number of fused-ring (bicyclic) bond motifs is 5. The minimum Gasteiger partial charge on any atom is -0.457 e. The molecule has 1 aliphatic carbocycles. The lowest BCUT2D eigenvalue weighted by atomic mass is 9.60. The van der Waals surface area contributed by atoms with Crippen LogP contribution in [0.5, 0.6) is 0 Å². The zero-order chi connectivity index (χ0) is 22.3. The monoisotopic (exact) mass is 422 g/mol. The number of hydrogen-bond acceptors (Lipinski definition) is 5. The number of rotatable bonds is 5. The van der Waals surface area contributed by atoms with E-state index in [1.165, 1.54) is 5.57 Å². The third-order valence-corrected chi connectivity index (χ3v) is 8.01. The Kier molecular flexibility index (Phi) is 7.06. The van der Waals surface area contributed by atoms with Crippen LogP contribution in [0.3, 0.4) is 0 Å². The highest BCUT2D eigenvalue weighted by atomic mass is 16.6. The predicted octanol–water partition coefficient (Wildman–Crippen LogP) is 4.66. The Labute approximate surface area is 182 Å². The van der Waals surface area contributed by atoms with E-state index < -0.39 is 11.2 Å². The Hall–Kier alpha value is -0.910. The van der Waals surface area contributed by atoms with Crippen molar-refractivity contribution in [2.45, 2.75) is 109 Å². The minimum atomic E-state index is -1.01. The summed E-state index contributed by atoms with van der Waals surface area (Å²) in [6.07, 6.45) is 4.34. The molecule has 1 saturated carbocycles. The highest BCUT2D eigenvalue weighted by molar-refractivity contribution is 5.69. The summed E-state index contributed by atoms with van der Waals surface area (Å²) in [4.78, 5) is 12.6. The van der Waals surface area contributed by atoms with Crippen molar-refractivity contribution in [1.82, 2.24) is 0 Å². The van der Waals surface area contributed by atoms with E-state index in [-0.39, 0.29) is 36.1 Å². The van der Waals surface area contributed by atoms with Crippen molar-refractivity contribution < 1.29 is 24.1 Å². The third kappa shape index (κ3) is 4.35. The van der Waals surface area contributed by atoms with Crippen LogP contribution in [0.25, 0.3) is 0 Å². The predicted molar refractivity (Wildman–Crippen MR) is 117 cm³/mol. The molecule has 2 aliphatic heterocycles. The highest BCUT2D eigenvalue weighted by Crippen LogP contribution is 2.56. The Morgan fingerprint density at radius 2 is 2.03 bits per heavy atom. The lowest BCUT2D eigenvalue weighted by molar-refractivity contribution is -0.182. The van der Waals surface area contributed by atoms with Crippen LogP contribution in [0.4, 0.5) is 0 Å². The molecule has 8 unspecified atom stereocenters. The van der Waals surface area contributed by atoms with Crippen molar-refractivity contribution in [1.29, 1.82) is 0 Å². The van der Waals surface area contributed by atoms with Crippen LogP contribution in [0.2, 0.25) is 0 Å². The van der Waals surface area contributed by atoms with Crippen LogP contribution in [0, 0.1) is 23.7 Å². The van der Waals surface area contributed by atoms with Gasteiger partial charge in [0.1, 0.15) is 11.7 Å². The first-order chi connectivity index (χ1) is 14.0. The first-order valence-corrected chi connectivity index (χ1v) is 11.8. The molecule has 8 atom stereocenters. The van der Waals surface area contributed by atoms with Crippen LogP contribution in [0.1, 0.15) is 79.6 Å². The van der Waals surface area contributed by atoms with E-state index >= 15 is 0 Å². The van der Waals surface area contributed by atoms with Gasteiger partial charge in [0, 0.05) is 31.8 Å². The van der Waals surface area contributed by atoms with Crippen molar-refractivity contribution in [3.05, 3.63) is 12.2 Å². The first-order valence-electron chi connectivity index (χ1n) is 11.8. The molecule has 0 aromatic carbocycles. The second-order valence-corrected chi connectivity index (χ2v) is 10.7. The number of methoxy groups -OCH3 is 1. The van der Waals surface area contributed by atoms with E-state index in [1.54, 1.807) is 7.11 Å². The van der Waals surface area contributed by atoms with E-state index in [2.05, 4.69) is 20.4 Å². The molecule has 172 valence electrons. The van der Waals surface area contributed by atoms with E-state index in [0.29, 0.717) is 37.5 Å². The van der Waals surface area contributed by atoms with Gasteiger partial charge in [-0.05, 0) is 57.8 Å². The molecule has 5 heteroatoms. The van der Waals surface area contributed by atoms with Crippen molar-refractivity contribution >= 4 is 5.97 Å². The fourth-order valence-corrected chi connectivity index (χ4v) is 6.45. The Balaban J connectivity index is 2.05. The van der Waals surface area contributed by atoms with Crippen LogP contribution >= 0.6 is 0 Å². The second kappa shape index (κ2) is 8.91. The van der Waals surface area contributed by atoms with Crippen molar-refractivity contribution in [3.63, 3.8) is 0 Å². The number of aliphatic hydroxyl groups is 1. The molecule has 2 heterocycles. The molecule has 3 rings (SSSR count). The molecule has 3 fully saturated rings. The van der Waals surface area contributed by atoms with E-state index in [9.17, 15) is 9.90 Å². The topological polar surface area (TPSA) is 65.0 Å². The van der Waals surface area contributed by atoms with Gasteiger partial charge >= 0.3 is 5.97 Å². The van der Waals surface area contributed by atoms with Crippen molar-refractivity contribution in [2.24, 2.45) is 23.7 Å². The fourth-order valence-electron chi connectivity index (χ4n) is 6.45. The van der Waals surface area contributed by atoms with Crippen LogP contribution in [-0.2, 0) is 19.0 Å². The Morgan fingerprint density at radius 1 is 1.33 bits per heavy atom. The van der Waals surface area contributed by atoms with Crippen molar-refractivity contribution in [2.75, 3.05) is 7.11 Å². The Morgan fingerprint density at radius 3 is 2.63 bits per heavy atom. The van der Waals surface area contributed by atoms with Gasteiger partial charge in [-0.15, -0.1) is 0 Å².